The molecule has 1 heterocycles. The van der Waals surface area contributed by atoms with Crippen molar-refractivity contribution in [3.8, 4) is 0 Å². The number of nitrogens with zero attached hydrogens (tertiary/aromatic N) is 1. The van der Waals surface area contributed by atoms with Crippen molar-refractivity contribution < 1.29 is 4.79 Å². The minimum absolute atomic E-state index is 0.0362. The van der Waals surface area contributed by atoms with E-state index in [2.05, 4.69) is 10.3 Å². The fourth-order valence-corrected chi connectivity index (χ4v) is 4.75. The summed E-state index contributed by atoms with van der Waals surface area (Å²) in [6.45, 7) is 1.94. The van der Waals surface area contributed by atoms with Gasteiger partial charge in [0.25, 0.3) is 5.91 Å². The number of carbonyl (C=O) groups is 1. The Labute approximate surface area is 142 Å². The Hall–Kier alpha value is -1.94. The van der Waals surface area contributed by atoms with Crippen molar-refractivity contribution in [2.24, 2.45) is 17.6 Å². The van der Waals surface area contributed by atoms with Crippen molar-refractivity contribution in [3.63, 3.8) is 0 Å². The Balaban J connectivity index is 1.63. The van der Waals surface area contributed by atoms with E-state index < -0.39 is 0 Å². The summed E-state index contributed by atoms with van der Waals surface area (Å²) in [5, 5.41) is 4.28. The van der Waals surface area contributed by atoms with Crippen LogP contribution in [0, 0.1) is 18.8 Å². The van der Waals surface area contributed by atoms with E-state index >= 15 is 0 Å². The summed E-state index contributed by atoms with van der Waals surface area (Å²) in [7, 11) is 0. The number of nitrogens with one attached hydrogen (secondary N) is 1. The first kappa shape index (κ1) is 15.6. The molecule has 2 aliphatic rings. The van der Waals surface area contributed by atoms with Crippen LogP contribution in [0.5, 0.6) is 0 Å². The van der Waals surface area contributed by atoms with Gasteiger partial charge in [0.05, 0.1) is 11.1 Å². The topological polar surface area (TPSA) is 68.0 Å². The number of carbonyl (C=O) groups excluding carboxylic acids is 1. The molecule has 126 valence electrons. The van der Waals surface area contributed by atoms with Crippen LogP contribution >= 0.6 is 0 Å². The molecule has 2 aromatic rings. The van der Waals surface area contributed by atoms with Gasteiger partial charge in [-0.25, -0.2) is 0 Å². The SMILES string of the molecule is Cc1cc(C(=O)NC2C3CCCC2CC(N)C3)c2ccccc2n1. The molecular formula is C20H25N3O. The van der Waals surface area contributed by atoms with Gasteiger partial charge in [-0.2, -0.15) is 0 Å². The molecule has 0 aliphatic heterocycles. The second kappa shape index (κ2) is 6.17. The Kier molecular flexibility index (Phi) is 4.01. The lowest BCUT2D eigenvalue weighted by Gasteiger charge is -2.45. The van der Waals surface area contributed by atoms with Gasteiger partial charge in [0.15, 0.2) is 0 Å². The maximum absolute atomic E-state index is 13.0. The number of rotatable bonds is 2. The molecule has 2 aliphatic carbocycles. The van der Waals surface area contributed by atoms with Crippen molar-refractivity contribution in [2.45, 2.75) is 51.1 Å². The molecule has 3 N–H and O–H groups in total. The quantitative estimate of drug-likeness (QED) is 0.892. The van der Waals surface area contributed by atoms with Crippen LogP contribution in [0.15, 0.2) is 30.3 Å². The van der Waals surface area contributed by atoms with Crippen molar-refractivity contribution >= 4 is 16.8 Å². The molecule has 2 fully saturated rings. The number of aromatic nitrogens is 1. The van der Waals surface area contributed by atoms with Gasteiger partial charge in [-0.15, -0.1) is 0 Å². The third-order valence-electron chi connectivity index (χ3n) is 5.76. The second-order valence-electron chi connectivity index (χ2n) is 7.51. The van der Waals surface area contributed by atoms with E-state index in [1.165, 1.54) is 19.3 Å². The van der Waals surface area contributed by atoms with E-state index in [-0.39, 0.29) is 11.9 Å². The molecule has 1 aromatic heterocycles. The minimum Gasteiger partial charge on any atom is -0.349 e. The molecule has 2 bridgehead atoms. The number of nitrogens with two attached hydrogens (primary N) is 1. The van der Waals surface area contributed by atoms with E-state index in [1.807, 2.05) is 37.3 Å². The van der Waals surface area contributed by atoms with Crippen LogP contribution in [0.2, 0.25) is 0 Å². The standard InChI is InChI=1S/C20H25N3O/c1-12-9-17(16-7-2-3-8-18(16)22-12)20(24)23-19-13-5-4-6-14(19)11-15(21)10-13/h2-3,7-9,13-15,19H,4-6,10-11,21H2,1H3,(H,23,24). The first-order valence-corrected chi connectivity index (χ1v) is 9.04. The van der Waals surface area contributed by atoms with Crippen LogP contribution in [0.4, 0.5) is 0 Å². The van der Waals surface area contributed by atoms with Gasteiger partial charge >= 0.3 is 0 Å². The smallest absolute Gasteiger partial charge is 0.252 e. The molecule has 24 heavy (non-hydrogen) atoms. The Morgan fingerprint density at radius 1 is 1.21 bits per heavy atom. The number of amides is 1. The van der Waals surface area contributed by atoms with Crippen LogP contribution in [-0.2, 0) is 0 Å². The largest absolute Gasteiger partial charge is 0.349 e. The molecule has 0 saturated heterocycles. The second-order valence-corrected chi connectivity index (χ2v) is 7.51. The number of fused-ring (bicyclic) bond motifs is 3. The highest BCUT2D eigenvalue weighted by Crippen LogP contribution is 2.39. The summed E-state index contributed by atoms with van der Waals surface area (Å²) in [5.74, 6) is 1.10. The predicted octanol–water partition coefficient (Wildman–Crippen LogP) is 3.18. The molecule has 2 saturated carbocycles. The zero-order valence-corrected chi connectivity index (χ0v) is 14.2. The summed E-state index contributed by atoms with van der Waals surface area (Å²) >= 11 is 0. The lowest BCUT2D eigenvalue weighted by molar-refractivity contribution is 0.0757. The normalized spacial score (nSPS) is 29.4. The summed E-state index contributed by atoms with van der Waals surface area (Å²) in [4.78, 5) is 17.6. The lowest BCUT2D eigenvalue weighted by atomic mass is 9.67. The summed E-state index contributed by atoms with van der Waals surface area (Å²) < 4.78 is 0. The zero-order chi connectivity index (χ0) is 16.7. The van der Waals surface area contributed by atoms with Gasteiger partial charge < -0.3 is 11.1 Å². The van der Waals surface area contributed by atoms with E-state index in [9.17, 15) is 4.79 Å². The third kappa shape index (κ3) is 2.80. The van der Waals surface area contributed by atoms with Crippen LogP contribution in [0.25, 0.3) is 10.9 Å². The maximum Gasteiger partial charge on any atom is 0.252 e. The van der Waals surface area contributed by atoms with Crippen LogP contribution in [-0.4, -0.2) is 23.0 Å². The van der Waals surface area contributed by atoms with Gasteiger partial charge in [-0.3, -0.25) is 9.78 Å². The highest BCUT2D eigenvalue weighted by atomic mass is 16.1. The van der Waals surface area contributed by atoms with Crippen molar-refractivity contribution in [3.05, 3.63) is 41.6 Å². The highest BCUT2D eigenvalue weighted by molar-refractivity contribution is 6.06. The predicted molar refractivity (Wildman–Crippen MR) is 95.8 cm³/mol. The Bertz CT molecular complexity index is 759. The van der Waals surface area contributed by atoms with E-state index in [4.69, 9.17) is 5.73 Å². The maximum atomic E-state index is 13.0. The number of pyridine rings is 1. The van der Waals surface area contributed by atoms with Gasteiger partial charge in [0.1, 0.15) is 0 Å². The average molecular weight is 323 g/mol. The van der Waals surface area contributed by atoms with Crippen molar-refractivity contribution in [1.29, 1.82) is 0 Å². The number of hydrogen-bond acceptors (Lipinski definition) is 3. The number of aryl methyl sites for hydroxylation is 1. The molecular weight excluding hydrogens is 298 g/mol. The summed E-state index contributed by atoms with van der Waals surface area (Å²) in [6.07, 6.45) is 5.72. The van der Waals surface area contributed by atoms with E-state index in [0.717, 1.165) is 35.0 Å². The van der Waals surface area contributed by atoms with Crippen LogP contribution < -0.4 is 11.1 Å². The first-order chi connectivity index (χ1) is 11.6. The molecule has 4 nitrogen and oxygen atoms in total. The van der Waals surface area contributed by atoms with Crippen LogP contribution in [0.1, 0.15) is 48.2 Å². The number of hydrogen-bond donors (Lipinski definition) is 2. The van der Waals surface area contributed by atoms with E-state index in [0.29, 0.717) is 17.9 Å². The molecule has 2 unspecified atom stereocenters. The van der Waals surface area contributed by atoms with Gasteiger partial charge in [-0.1, -0.05) is 24.6 Å². The molecule has 2 atom stereocenters. The summed E-state index contributed by atoms with van der Waals surface area (Å²) in [6, 6.07) is 10.4. The van der Waals surface area contributed by atoms with Crippen molar-refractivity contribution in [1.82, 2.24) is 10.3 Å². The molecule has 0 spiro atoms. The molecule has 1 amide bonds. The minimum atomic E-state index is 0.0362. The molecule has 4 rings (SSSR count). The van der Waals surface area contributed by atoms with Gasteiger partial charge in [0.2, 0.25) is 0 Å². The third-order valence-corrected chi connectivity index (χ3v) is 5.76. The zero-order valence-electron chi connectivity index (χ0n) is 14.2. The fraction of sp³-hybridized carbons (Fsp3) is 0.500. The first-order valence-electron chi connectivity index (χ1n) is 9.04. The number of benzene rings is 1. The number of para-hydroxylation sites is 1. The summed E-state index contributed by atoms with van der Waals surface area (Å²) in [5.41, 5.74) is 8.71. The van der Waals surface area contributed by atoms with Crippen LogP contribution in [0.3, 0.4) is 0 Å². The average Bonchev–Trinajstić information content (AvgIpc) is 2.54. The highest BCUT2D eigenvalue weighted by Gasteiger charge is 2.40. The van der Waals surface area contributed by atoms with E-state index in [1.54, 1.807) is 0 Å². The van der Waals surface area contributed by atoms with Crippen molar-refractivity contribution in [2.75, 3.05) is 0 Å². The molecule has 0 radical (unpaired) electrons. The van der Waals surface area contributed by atoms with Gasteiger partial charge in [0, 0.05) is 23.2 Å². The Morgan fingerprint density at radius 2 is 1.92 bits per heavy atom. The molecule has 4 heteroatoms. The monoisotopic (exact) mass is 323 g/mol. The molecule has 1 aromatic carbocycles. The Morgan fingerprint density at radius 3 is 2.67 bits per heavy atom. The lowest BCUT2D eigenvalue weighted by Crippen LogP contribution is -2.53. The van der Waals surface area contributed by atoms with Gasteiger partial charge in [-0.05, 0) is 56.6 Å². The fourth-order valence-electron chi connectivity index (χ4n) is 4.75.